The molecule has 2 aromatic carbocycles. The summed E-state index contributed by atoms with van der Waals surface area (Å²) in [4.78, 5) is 11.5. The van der Waals surface area contributed by atoms with Crippen LogP contribution in [0.15, 0.2) is 73.6 Å². The number of H-pyrrole nitrogens is 1. The Hall–Kier alpha value is -2.45. The molecule has 1 heterocycles. The van der Waals surface area contributed by atoms with Crippen LogP contribution in [-0.2, 0) is 6.61 Å². The fourth-order valence-electron chi connectivity index (χ4n) is 2.09. The number of rotatable bonds is 6. The van der Waals surface area contributed by atoms with E-state index < -0.39 is 0 Å². The van der Waals surface area contributed by atoms with Crippen molar-refractivity contribution in [3.8, 4) is 5.75 Å². The van der Waals surface area contributed by atoms with Gasteiger partial charge in [0.2, 0.25) is 0 Å². The molecule has 0 radical (unpaired) electrons. The number of hydrogen-bond donors (Lipinski definition) is 2. The van der Waals surface area contributed by atoms with Gasteiger partial charge in [-0.2, -0.15) is 10.2 Å². The predicted octanol–water partition coefficient (Wildman–Crippen LogP) is 4.32. The van der Waals surface area contributed by atoms with Gasteiger partial charge in [-0.25, -0.2) is 5.10 Å². The van der Waals surface area contributed by atoms with Gasteiger partial charge in [-0.1, -0.05) is 40.2 Å². The SMILES string of the molecule is O=c1[nH]ncc(N/N=C/c2ccccc2OCc2ccc(Br)cc2)c1Br. The third-order valence-electron chi connectivity index (χ3n) is 3.41. The molecule has 26 heavy (non-hydrogen) atoms. The van der Waals surface area contributed by atoms with Crippen molar-refractivity contribution in [2.24, 2.45) is 5.10 Å². The van der Waals surface area contributed by atoms with Gasteiger partial charge in [0, 0.05) is 10.0 Å². The third-order valence-corrected chi connectivity index (χ3v) is 4.73. The lowest BCUT2D eigenvalue weighted by Gasteiger charge is -2.09. The predicted molar refractivity (Wildman–Crippen MR) is 109 cm³/mol. The fraction of sp³-hybridized carbons (Fsp3) is 0.0556. The summed E-state index contributed by atoms with van der Waals surface area (Å²) in [6.45, 7) is 0.453. The van der Waals surface area contributed by atoms with Crippen LogP contribution in [-0.4, -0.2) is 16.4 Å². The van der Waals surface area contributed by atoms with E-state index in [-0.39, 0.29) is 5.56 Å². The molecule has 0 atom stereocenters. The van der Waals surface area contributed by atoms with Gasteiger partial charge in [0.25, 0.3) is 5.56 Å². The van der Waals surface area contributed by atoms with Crippen molar-refractivity contribution in [1.82, 2.24) is 10.2 Å². The standard InChI is InChI=1S/C18H14Br2N4O2/c19-14-7-5-12(6-8-14)11-26-16-4-2-1-3-13(16)9-21-23-15-10-22-24-18(25)17(15)20/h1-10H,11H2,(H2,23,24,25)/b21-9+. The Morgan fingerprint density at radius 2 is 1.92 bits per heavy atom. The number of para-hydroxylation sites is 1. The molecule has 0 saturated carbocycles. The first-order valence-corrected chi connectivity index (χ1v) is 9.20. The topological polar surface area (TPSA) is 79.4 Å². The molecule has 0 bridgehead atoms. The molecule has 0 amide bonds. The molecule has 0 unspecified atom stereocenters. The van der Waals surface area contributed by atoms with Crippen LogP contribution in [0.1, 0.15) is 11.1 Å². The molecule has 3 rings (SSSR count). The lowest BCUT2D eigenvalue weighted by atomic mass is 10.2. The summed E-state index contributed by atoms with van der Waals surface area (Å²) < 4.78 is 7.26. The first-order valence-electron chi connectivity index (χ1n) is 7.62. The van der Waals surface area contributed by atoms with E-state index in [9.17, 15) is 4.79 Å². The maximum absolute atomic E-state index is 11.5. The second-order valence-corrected chi connectivity index (χ2v) is 6.96. The van der Waals surface area contributed by atoms with Crippen LogP contribution in [0.2, 0.25) is 0 Å². The quantitative estimate of drug-likeness (QED) is 0.409. The number of aromatic amines is 1. The van der Waals surface area contributed by atoms with E-state index in [0.29, 0.717) is 22.5 Å². The lowest BCUT2D eigenvalue weighted by molar-refractivity contribution is 0.306. The lowest BCUT2D eigenvalue weighted by Crippen LogP contribution is -2.10. The zero-order chi connectivity index (χ0) is 18.4. The zero-order valence-electron chi connectivity index (χ0n) is 13.4. The number of hydrogen-bond acceptors (Lipinski definition) is 5. The Bertz CT molecular complexity index is 971. The van der Waals surface area contributed by atoms with Crippen LogP contribution >= 0.6 is 31.9 Å². The van der Waals surface area contributed by atoms with E-state index in [1.54, 1.807) is 6.21 Å². The molecular weight excluding hydrogens is 464 g/mol. The molecule has 3 aromatic rings. The van der Waals surface area contributed by atoms with E-state index in [1.807, 2.05) is 48.5 Å². The van der Waals surface area contributed by atoms with Crippen LogP contribution in [0.4, 0.5) is 5.69 Å². The normalized spacial score (nSPS) is 10.8. The highest BCUT2D eigenvalue weighted by Crippen LogP contribution is 2.19. The molecule has 6 nitrogen and oxygen atoms in total. The molecule has 1 aromatic heterocycles. The van der Waals surface area contributed by atoms with E-state index in [0.717, 1.165) is 15.6 Å². The van der Waals surface area contributed by atoms with Crippen molar-refractivity contribution in [2.45, 2.75) is 6.61 Å². The number of benzene rings is 2. The Labute approximate surface area is 166 Å². The van der Waals surface area contributed by atoms with Gasteiger partial charge >= 0.3 is 0 Å². The summed E-state index contributed by atoms with van der Waals surface area (Å²) in [6, 6.07) is 15.5. The summed E-state index contributed by atoms with van der Waals surface area (Å²) >= 11 is 6.60. The molecule has 8 heteroatoms. The van der Waals surface area contributed by atoms with E-state index >= 15 is 0 Å². The molecule has 0 aliphatic carbocycles. The second-order valence-electron chi connectivity index (χ2n) is 5.25. The van der Waals surface area contributed by atoms with Crippen LogP contribution in [0, 0.1) is 0 Å². The number of anilines is 1. The first-order chi connectivity index (χ1) is 12.6. The average molecular weight is 478 g/mol. The molecular formula is C18H14Br2N4O2. The van der Waals surface area contributed by atoms with Crippen molar-refractivity contribution in [2.75, 3.05) is 5.43 Å². The Kier molecular flexibility index (Phi) is 6.19. The highest BCUT2D eigenvalue weighted by Gasteiger charge is 2.04. The van der Waals surface area contributed by atoms with Gasteiger partial charge < -0.3 is 4.74 Å². The van der Waals surface area contributed by atoms with Crippen molar-refractivity contribution in [3.63, 3.8) is 0 Å². The summed E-state index contributed by atoms with van der Waals surface area (Å²) in [5.74, 6) is 0.712. The molecule has 2 N–H and O–H groups in total. The van der Waals surface area contributed by atoms with Crippen molar-refractivity contribution < 1.29 is 4.74 Å². The molecule has 0 fully saturated rings. The largest absolute Gasteiger partial charge is 0.488 e. The minimum Gasteiger partial charge on any atom is -0.488 e. The molecule has 0 saturated heterocycles. The molecule has 0 aliphatic heterocycles. The Balaban J connectivity index is 1.69. The average Bonchev–Trinajstić information content (AvgIpc) is 2.65. The van der Waals surface area contributed by atoms with Crippen LogP contribution in [0.3, 0.4) is 0 Å². The fourth-order valence-corrected chi connectivity index (χ4v) is 2.64. The van der Waals surface area contributed by atoms with Crippen LogP contribution in [0.25, 0.3) is 0 Å². The first kappa shape index (κ1) is 18.3. The van der Waals surface area contributed by atoms with Gasteiger partial charge in [-0.15, -0.1) is 0 Å². The number of ether oxygens (including phenoxy) is 1. The summed E-state index contributed by atoms with van der Waals surface area (Å²) in [7, 11) is 0. The van der Waals surface area contributed by atoms with E-state index in [1.165, 1.54) is 6.20 Å². The highest BCUT2D eigenvalue weighted by atomic mass is 79.9. The number of halogens is 2. The Morgan fingerprint density at radius 3 is 2.73 bits per heavy atom. The molecule has 0 spiro atoms. The van der Waals surface area contributed by atoms with E-state index in [2.05, 4.69) is 52.6 Å². The maximum atomic E-state index is 11.5. The molecule has 0 aliphatic rings. The Morgan fingerprint density at radius 1 is 1.15 bits per heavy atom. The summed E-state index contributed by atoms with van der Waals surface area (Å²) in [5, 5.41) is 10.2. The zero-order valence-corrected chi connectivity index (χ0v) is 16.6. The van der Waals surface area contributed by atoms with Crippen LogP contribution in [0.5, 0.6) is 5.75 Å². The minimum atomic E-state index is -0.330. The second kappa shape index (κ2) is 8.77. The summed E-state index contributed by atoms with van der Waals surface area (Å²) in [5.41, 5.74) is 4.81. The minimum absolute atomic E-state index is 0.330. The van der Waals surface area contributed by atoms with Crippen molar-refractivity contribution in [1.29, 1.82) is 0 Å². The van der Waals surface area contributed by atoms with Gasteiger partial charge in [-0.3, -0.25) is 10.2 Å². The third kappa shape index (κ3) is 4.80. The molecule has 132 valence electrons. The number of aromatic nitrogens is 2. The number of nitrogens with one attached hydrogen (secondary N) is 2. The van der Waals surface area contributed by atoms with Gasteiger partial charge in [-0.05, 0) is 45.8 Å². The number of hydrazone groups is 1. The highest BCUT2D eigenvalue weighted by molar-refractivity contribution is 9.10. The summed E-state index contributed by atoms with van der Waals surface area (Å²) in [6.07, 6.45) is 3.10. The van der Waals surface area contributed by atoms with E-state index in [4.69, 9.17) is 4.74 Å². The van der Waals surface area contributed by atoms with Gasteiger partial charge in [0.15, 0.2) is 0 Å². The monoisotopic (exact) mass is 476 g/mol. The van der Waals surface area contributed by atoms with Crippen LogP contribution < -0.4 is 15.7 Å². The van der Waals surface area contributed by atoms with Crippen molar-refractivity contribution in [3.05, 3.63) is 85.2 Å². The smallest absolute Gasteiger partial charge is 0.280 e. The van der Waals surface area contributed by atoms with Crippen molar-refractivity contribution >= 4 is 43.8 Å². The maximum Gasteiger partial charge on any atom is 0.280 e. The van der Waals surface area contributed by atoms with Gasteiger partial charge in [0.05, 0.1) is 18.1 Å². The van der Waals surface area contributed by atoms with Gasteiger partial charge in [0.1, 0.15) is 16.8 Å². The number of nitrogens with zero attached hydrogens (tertiary/aromatic N) is 2.